The molecular formula is C11H14O4. The maximum atomic E-state index is 9.73. The highest BCUT2D eigenvalue weighted by Crippen LogP contribution is 2.28. The molecule has 2 rings (SSSR count). The number of aliphatic hydroxyl groups is 3. The fourth-order valence-electron chi connectivity index (χ4n) is 1.74. The van der Waals surface area contributed by atoms with Crippen molar-refractivity contribution in [2.24, 2.45) is 0 Å². The van der Waals surface area contributed by atoms with E-state index in [0.717, 1.165) is 5.56 Å². The van der Waals surface area contributed by atoms with E-state index >= 15 is 0 Å². The first-order valence-corrected chi connectivity index (χ1v) is 4.91. The van der Waals surface area contributed by atoms with Crippen molar-refractivity contribution in [3.63, 3.8) is 0 Å². The molecule has 0 spiro atoms. The van der Waals surface area contributed by atoms with E-state index in [1.54, 1.807) is 0 Å². The lowest BCUT2D eigenvalue weighted by Crippen LogP contribution is -2.48. The van der Waals surface area contributed by atoms with Crippen LogP contribution in [0.3, 0.4) is 0 Å². The fourth-order valence-corrected chi connectivity index (χ4v) is 1.74. The highest BCUT2D eigenvalue weighted by atomic mass is 16.5. The van der Waals surface area contributed by atoms with Crippen LogP contribution in [0.5, 0.6) is 0 Å². The van der Waals surface area contributed by atoms with Crippen molar-refractivity contribution < 1.29 is 20.1 Å². The van der Waals surface area contributed by atoms with Gasteiger partial charge < -0.3 is 20.1 Å². The average Bonchev–Trinajstić information content (AvgIpc) is 2.27. The summed E-state index contributed by atoms with van der Waals surface area (Å²) >= 11 is 0. The molecule has 0 saturated carbocycles. The minimum Gasteiger partial charge on any atom is -0.388 e. The molecule has 1 aliphatic rings. The van der Waals surface area contributed by atoms with Gasteiger partial charge >= 0.3 is 0 Å². The first-order chi connectivity index (χ1) is 7.20. The van der Waals surface area contributed by atoms with E-state index in [1.807, 2.05) is 30.3 Å². The van der Waals surface area contributed by atoms with Crippen LogP contribution in [-0.2, 0) is 4.74 Å². The summed E-state index contributed by atoms with van der Waals surface area (Å²) in [5.74, 6) is 0. The Balaban J connectivity index is 2.17. The van der Waals surface area contributed by atoms with Gasteiger partial charge in [-0.15, -0.1) is 0 Å². The first-order valence-electron chi connectivity index (χ1n) is 4.91. The summed E-state index contributed by atoms with van der Waals surface area (Å²) in [5.41, 5.74) is 0.802. The van der Waals surface area contributed by atoms with Crippen molar-refractivity contribution in [1.82, 2.24) is 0 Å². The zero-order valence-electron chi connectivity index (χ0n) is 8.15. The summed E-state index contributed by atoms with van der Waals surface area (Å²) in [5, 5.41) is 28.5. The summed E-state index contributed by atoms with van der Waals surface area (Å²) in [6.45, 7) is 0.0395. The van der Waals surface area contributed by atoms with Crippen LogP contribution in [0.2, 0.25) is 0 Å². The molecular weight excluding hydrogens is 196 g/mol. The molecule has 1 saturated heterocycles. The largest absolute Gasteiger partial charge is 0.388 e. The number of rotatable bonds is 1. The smallest absolute Gasteiger partial charge is 0.113 e. The van der Waals surface area contributed by atoms with Gasteiger partial charge in [-0.2, -0.15) is 0 Å². The Kier molecular flexibility index (Phi) is 3.02. The predicted molar refractivity (Wildman–Crippen MR) is 53.2 cm³/mol. The normalized spacial score (nSPS) is 36.5. The van der Waals surface area contributed by atoms with E-state index in [-0.39, 0.29) is 6.61 Å². The van der Waals surface area contributed by atoms with Gasteiger partial charge in [-0.1, -0.05) is 30.3 Å². The maximum Gasteiger partial charge on any atom is 0.113 e. The van der Waals surface area contributed by atoms with Crippen LogP contribution in [0.4, 0.5) is 0 Å². The minimum absolute atomic E-state index is 0.0395. The molecule has 1 aromatic carbocycles. The Morgan fingerprint density at radius 1 is 1.00 bits per heavy atom. The van der Waals surface area contributed by atoms with Crippen molar-refractivity contribution in [2.75, 3.05) is 6.61 Å². The molecule has 82 valence electrons. The molecule has 3 N–H and O–H groups in total. The van der Waals surface area contributed by atoms with Gasteiger partial charge in [0.25, 0.3) is 0 Å². The van der Waals surface area contributed by atoms with Crippen LogP contribution in [-0.4, -0.2) is 40.2 Å². The summed E-state index contributed by atoms with van der Waals surface area (Å²) in [7, 11) is 0. The number of hydrogen-bond donors (Lipinski definition) is 3. The first kappa shape index (κ1) is 10.6. The van der Waals surface area contributed by atoms with Crippen molar-refractivity contribution in [3.8, 4) is 0 Å². The van der Waals surface area contributed by atoms with E-state index in [0.29, 0.717) is 0 Å². The van der Waals surface area contributed by atoms with Gasteiger partial charge in [0.05, 0.1) is 6.61 Å². The Hall–Kier alpha value is -0.940. The van der Waals surface area contributed by atoms with E-state index in [4.69, 9.17) is 4.74 Å². The molecule has 0 aliphatic carbocycles. The average molecular weight is 210 g/mol. The van der Waals surface area contributed by atoms with Gasteiger partial charge in [-0.25, -0.2) is 0 Å². The van der Waals surface area contributed by atoms with Gasteiger partial charge in [0.15, 0.2) is 0 Å². The Bertz CT molecular complexity index is 314. The lowest BCUT2D eigenvalue weighted by Gasteiger charge is -2.35. The lowest BCUT2D eigenvalue weighted by molar-refractivity contribution is -0.189. The number of aliphatic hydroxyl groups excluding tert-OH is 3. The van der Waals surface area contributed by atoms with Crippen LogP contribution in [0, 0.1) is 0 Å². The second kappa shape index (κ2) is 4.28. The molecule has 4 heteroatoms. The molecule has 1 fully saturated rings. The Morgan fingerprint density at radius 3 is 2.33 bits per heavy atom. The molecule has 0 amide bonds. The van der Waals surface area contributed by atoms with E-state index < -0.39 is 24.4 Å². The lowest BCUT2D eigenvalue weighted by atomic mass is 9.95. The summed E-state index contributed by atoms with van der Waals surface area (Å²) in [4.78, 5) is 0. The third kappa shape index (κ3) is 2.03. The Labute approximate surface area is 87.7 Å². The molecule has 1 heterocycles. The van der Waals surface area contributed by atoms with E-state index in [9.17, 15) is 15.3 Å². The van der Waals surface area contributed by atoms with Gasteiger partial charge in [0, 0.05) is 0 Å². The van der Waals surface area contributed by atoms with Crippen LogP contribution >= 0.6 is 0 Å². The molecule has 15 heavy (non-hydrogen) atoms. The van der Waals surface area contributed by atoms with Crippen molar-refractivity contribution >= 4 is 0 Å². The molecule has 1 aromatic rings. The molecule has 4 atom stereocenters. The van der Waals surface area contributed by atoms with Gasteiger partial charge in [-0.3, -0.25) is 0 Å². The van der Waals surface area contributed by atoms with Crippen molar-refractivity contribution in [2.45, 2.75) is 24.4 Å². The summed E-state index contributed by atoms with van der Waals surface area (Å²) < 4.78 is 5.30. The Morgan fingerprint density at radius 2 is 1.67 bits per heavy atom. The highest BCUT2D eigenvalue weighted by molar-refractivity contribution is 5.19. The zero-order chi connectivity index (χ0) is 10.8. The third-order valence-corrected chi connectivity index (χ3v) is 2.63. The topological polar surface area (TPSA) is 69.9 Å². The van der Waals surface area contributed by atoms with Gasteiger partial charge in [0.2, 0.25) is 0 Å². The van der Waals surface area contributed by atoms with Crippen LogP contribution in [0.25, 0.3) is 0 Å². The molecule has 1 aliphatic heterocycles. The van der Waals surface area contributed by atoms with E-state index in [1.165, 1.54) is 0 Å². The second-order valence-corrected chi connectivity index (χ2v) is 3.71. The predicted octanol–water partition coefficient (Wildman–Crippen LogP) is -0.159. The van der Waals surface area contributed by atoms with Crippen LogP contribution in [0.15, 0.2) is 30.3 Å². The maximum absolute atomic E-state index is 9.73. The van der Waals surface area contributed by atoms with E-state index in [2.05, 4.69) is 0 Å². The second-order valence-electron chi connectivity index (χ2n) is 3.71. The van der Waals surface area contributed by atoms with Crippen LogP contribution < -0.4 is 0 Å². The number of ether oxygens (including phenoxy) is 1. The minimum atomic E-state index is -1.15. The van der Waals surface area contributed by atoms with Crippen LogP contribution in [0.1, 0.15) is 11.7 Å². The summed E-state index contributed by atoms with van der Waals surface area (Å²) in [6.07, 6.45) is -3.82. The number of benzene rings is 1. The molecule has 4 nitrogen and oxygen atoms in total. The molecule has 4 unspecified atom stereocenters. The quantitative estimate of drug-likeness (QED) is 0.602. The molecule has 0 bridgehead atoms. The third-order valence-electron chi connectivity index (χ3n) is 2.63. The van der Waals surface area contributed by atoms with Crippen molar-refractivity contribution in [3.05, 3.63) is 35.9 Å². The fraction of sp³-hybridized carbons (Fsp3) is 0.455. The van der Waals surface area contributed by atoms with Gasteiger partial charge in [0.1, 0.15) is 24.4 Å². The SMILES string of the molecule is OC1COC(c2ccccc2)C(O)C1O. The highest BCUT2D eigenvalue weighted by Gasteiger charge is 2.37. The zero-order valence-corrected chi connectivity index (χ0v) is 8.15. The van der Waals surface area contributed by atoms with Crippen molar-refractivity contribution in [1.29, 1.82) is 0 Å². The molecule has 0 radical (unpaired) electrons. The standard InChI is InChI=1S/C11H14O4/c12-8-6-15-11(10(14)9(8)13)7-4-2-1-3-5-7/h1-5,8-14H,6H2. The molecule has 0 aromatic heterocycles. The number of hydrogen-bond acceptors (Lipinski definition) is 4. The summed E-state index contributed by atoms with van der Waals surface area (Å²) in [6, 6.07) is 9.17. The van der Waals surface area contributed by atoms with Gasteiger partial charge in [-0.05, 0) is 5.56 Å². The monoisotopic (exact) mass is 210 g/mol.